The minimum Gasteiger partial charge on any atom is -0.382 e. The highest BCUT2D eigenvalue weighted by atomic mass is 16.1. The Labute approximate surface area is 126 Å². The second-order valence-corrected chi connectivity index (χ2v) is 6.37. The van der Waals surface area contributed by atoms with Crippen molar-refractivity contribution in [2.75, 3.05) is 23.7 Å². The number of amides is 1. The number of rotatable bonds is 2. The first kappa shape index (κ1) is 14.2. The van der Waals surface area contributed by atoms with E-state index in [1.165, 1.54) is 19.3 Å². The third-order valence-electron chi connectivity index (χ3n) is 4.64. The van der Waals surface area contributed by atoms with Crippen LogP contribution in [0.25, 0.3) is 0 Å². The van der Waals surface area contributed by atoms with E-state index in [0.29, 0.717) is 6.04 Å². The summed E-state index contributed by atoms with van der Waals surface area (Å²) in [5.41, 5.74) is 2.74. The molecule has 3 N–H and O–H groups in total. The molecule has 2 unspecified atom stereocenters. The van der Waals surface area contributed by atoms with Crippen LogP contribution in [0.3, 0.4) is 0 Å². The van der Waals surface area contributed by atoms with Gasteiger partial charge in [0, 0.05) is 19.1 Å². The van der Waals surface area contributed by atoms with Gasteiger partial charge in [0.1, 0.15) is 0 Å². The van der Waals surface area contributed by atoms with Crippen LogP contribution < -0.4 is 16.0 Å². The van der Waals surface area contributed by atoms with E-state index in [-0.39, 0.29) is 5.91 Å². The lowest BCUT2D eigenvalue weighted by molar-refractivity contribution is 0.0934. The molecule has 0 aromatic heterocycles. The monoisotopic (exact) mass is 287 g/mol. The maximum atomic E-state index is 12.6. The van der Waals surface area contributed by atoms with Gasteiger partial charge in [-0.25, -0.2) is 0 Å². The van der Waals surface area contributed by atoms with E-state index in [1.807, 2.05) is 18.2 Å². The molecule has 0 radical (unpaired) electrons. The Hall–Kier alpha value is -1.71. The van der Waals surface area contributed by atoms with Crippen LogP contribution in [0.5, 0.6) is 0 Å². The van der Waals surface area contributed by atoms with Crippen LogP contribution in [0.4, 0.5) is 11.4 Å². The molecular formula is C17H25N3O. The largest absolute Gasteiger partial charge is 0.382 e. The topological polar surface area (TPSA) is 53.2 Å². The first-order chi connectivity index (χ1) is 10.2. The fourth-order valence-electron chi connectivity index (χ4n) is 3.36. The van der Waals surface area contributed by atoms with Crippen molar-refractivity contribution in [3.05, 3.63) is 23.8 Å². The van der Waals surface area contributed by atoms with Gasteiger partial charge < -0.3 is 16.0 Å². The Morgan fingerprint density at radius 2 is 2.00 bits per heavy atom. The zero-order chi connectivity index (χ0) is 14.7. The molecule has 21 heavy (non-hydrogen) atoms. The molecule has 0 saturated heterocycles. The fraction of sp³-hybridized carbons (Fsp3) is 0.588. The van der Waals surface area contributed by atoms with Crippen molar-refractivity contribution in [1.82, 2.24) is 5.32 Å². The summed E-state index contributed by atoms with van der Waals surface area (Å²) in [4.78, 5) is 12.6. The van der Waals surface area contributed by atoms with Crippen molar-refractivity contribution in [3.63, 3.8) is 0 Å². The summed E-state index contributed by atoms with van der Waals surface area (Å²) >= 11 is 0. The molecular weight excluding hydrogens is 262 g/mol. The first-order valence-electron chi connectivity index (χ1n) is 8.15. The van der Waals surface area contributed by atoms with Crippen molar-refractivity contribution in [2.24, 2.45) is 5.92 Å². The molecule has 1 fully saturated rings. The van der Waals surface area contributed by atoms with Gasteiger partial charge in [-0.15, -0.1) is 0 Å². The maximum absolute atomic E-state index is 12.6. The molecule has 1 aromatic rings. The maximum Gasteiger partial charge on any atom is 0.253 e. The van der Waals surface area contributed by atoms with Gasteiger partial charge in [0.05, 0.1) is 16.9 Å². The van der Waals surface area contributed by atoms with E-state index >= 15 is 0 Å². The van der Waals surface area contributed by atoms with Crippen LogP contribution >= 0.6 is 0 Å². The zero-order valence-corrected chi connectivity index (χ0v) is 12.7. The molecule has 0 bridgehead atoms. The number of hydrogen-bond acceptors (Lipinski definition) is 3. The van der Waals surface area contributed by atoms with Crippen molar-refractivity contribution >= 4 is 17.3 Å². The van der Waals surface area contributed by atoms with Gasteiger partial charge in [0.15, 0.2) is 0 Å². The van der Waals surface area contributed by atoms with Crippen molar-refractivity contribution in [3.8, 4) is 0 Å². The number of nitrogens with one attached hydrogen (secondary N) is 3. The highest BCUT2D eigenvalue weighted by molar-refractivity contribution is 6.02. The van der Waals surface area contributed by atoms with Gasteiger partial charge in [-0.05, 0) is 37.3 Å². The number of hydrogen-bond donors (Lipinski definition) is 3. The Morgan fingerprint density at radius 3 is 2.90 bits per heavy atom. The van der Waals surface area contributed by atoms with Crippen LogP contribution in [0.15, 0.2) is 18.2 Å². The van der Waals surface area contributed by atoms with Gasteiger partial charge in [0.2, 0.25) is 0 Å². The second kappa shape index (κ2) is 6.37. The normalized spacial score (nSPS) is 25.0. The van der Waals surface area contributed by atoms with Crippen molar-refractivity contribution < 1.29 is 4.79 Å². The third kappa shape index (κ3) is 3.31. The Morgan fingerprint density at radius 1 is 1.14 bits per heavy atom. The van der Waals surface area contributed by atoms with Crippen LogP contribution in [-0.2, 0) is 0 Å². The summed E-state index contributed by atoms with van der Waals surface area (Å²) in [6.45, 7) is 4.07. The van der Waals surface area contributed by atoms with Crippen molar-refractivity contribution in [2.45, 2.75) is 45.1 Å². The molecule has 1 aliphatic heterocycles. The Bertz CT molecular complexity index is 515. The number of carbonyl (C=O) groups is 1. The second-order valence-electron chi connectivity index (χ2n) is 6.37. The number of carbonyl (C=O) groups excluding carboxylic acids is 1. The van der Waals surface area contributed by atoms with E-state index in [1.54, 1.807) is 0 Å². The molecule has 2 atom stereocenters. The molecule has 2 aliphatic rings. The lowest BCUT2D eigenvalue weighted by atomic mass is 10.0. The smallest absolute Gasteiger partial charge is 0.253 e. The molecule has 4 nitrogen and oxygen atoms in total. The number of anilines is 2. The molecule has 1 aromatic carbocycles. The van der Waals surface area contributed by atoms with Gasteiger partial charge in [-0.3, -0.25) is 4.79 Å². The summed E-state index contributed by atoms with van der Waals surface area (Å²) in [6.07, 6.45) is 5.94. The van der Waals surface area contributed by atoms with E-state index in [0.717, 1.165) is 48.8 Å². The lowest BCUT2D eigenvalue weighted by Gasteiger charge is -2.23. The SMILES string of the molecule is CC1CCCC(NC(=O)c2cccc3c2NCCN3)CC1. The summed E-state index contributed by atoms with van der Waals surface area (Å²) in [6, 6.07) is 6.21. The van der Waals surface area contributed by atoms with Crippen LogP contribution in [0.2, 0.25) is 0 Å². The number of fused-ring (bicyclic) bond motifs is 1. The Balaban J connectivity index is 1.71. The number of benzene rings is 1. The van der Waals surface area contributed by atoms with Gasteiger partial charge in [-0.2, -0.15) is 0 Å². The fourth-order valence-corrected chi connectivity index (χ4v) is 3.36. The average molecular weight is 287 g/mol. The molecule has 1 aliphatic carbocycles. The lowest BCUT2D eigenvalue weighted by Crippen LogP contribution is -2.35. The van der Waals surface area contributed by atoms with Crippen LogP contribution in [0, 0.1) is 5.92 Å². The molecule has 0 spiro atoms. The highest BCUT2D eigenvalue weighted by Gasteiger charge is 2.21. The number of para-hydroxylation sites is 1. The predicted molar refractivity (Wildman–Crippen MR) is 86.9 cm³/mol. The summed E-state index contributed by atoms with van der Waals surface area (Å²) in [7, 11) is 0. The first-order valence-corrected chi connectivity index (χ1v) is 8.15. The predicted octanol–water partition coefficient (Wildman–Crippen LogP) is 3.22. The third-order valence-corrected chi connectivity index (χ3v) is 4.64. The standard InChI is InChI=1S/C17H25N3O/c1-12-4-2-5-13(9-8-12)20-17(21)14-6-3-7-15-16(14)19-11-10-18-15/h3,6-7,12-13,18-19H,2,4-5,8-11H2,1H3,(H,20,21). The molecule has 1 saturated carbocycles. The summed E-state index contributed by atoms with van der Waals surface area (Å²) in [5.74, 6) is 0.852. The Kier molecular flexibility index (Phi) is 4.32. The molecule has 3 rings (SSSR count). The minimum absolute atomic E-state index is 0.0580. The van der Waals surface area contributed by atoms with Crippen LogP contribution in [0.1, 0.15) is 49.4 Å². The van der Waals surface area contributed by atoms with Gasteiger partial charge in [-0.1, -0.05) is 25.8 Å². The van der Waals surface area contributed by atoms with E-state index in [4.69, 9.17) is 0 Å². The van der Waals surface area contributed by atoms with Crippen LogP contribution in [-0.4, -0.2) is 25.0 Å². The van der Waals surface area contributed by atoms with E-state index < -0.39 is 0 Å². The highest BCUT2D eigenvalue weighted by Crippen LogP contribution is 2.29. The molecule has 114 valence electrons. The van der Waals surface area contributed by atoms with Gasteiger partial charge >= 0.3 is 0 Å². The average Bonchev–Trinajstić information content (AvgIpc) is 2.71. The molecule has 4 heteroatoms. The molecule has 1 amide bonds. The quantitative estimate of drug-likeness (QED) is 0.732. The van der Waals surface area contributed by atoms with Gasteiger partial charge in [0.25, 0.3) is 5.91 Å². The summed E-state index contributed by atoms with van der Waals surface area (Å²) in [5, 5.41) is 9.92. The summed E-state index contributed by atoms with van der Waals surface area (Å²) < 4.78 is 0. The minimum atomic E-state index is 0.0580. The van der Waals surface area contributed by atoms with E-state index in [9.17, 15) is 4.79 Å². The molecule has 1 heterocycles. The zero-order valence-electron chi connectivity index (χ0n) is 12.7. The van der Waals surface area contributed by atoms with E-state index in [2.05, 4.69) is 22.9 Å². The van der Waals surface area contributed by atoms with Crippen molar-refractivity contribution in [1.29, 1.82) is 0 Å².